The zero-order chi connectivity index (χ0) is 11.6. The second-order valence-corrected chi connectivity index (χ2v) is 5.34. The molecule has 0 radical (unpaired) electrons. The maximum absolute atomic E-state index is 11.6. The summed E-state index contributed by atoms with van der Waals surface area (Å²) in [4.78, 5) is 11.6. The predicted molar refractivity (Wildman–Crippen MR) is 63.4 cm³/mol. The summed E-state index contributed by atoms with van der Waals surface area (Å²) in [6.45, 7) is 8.97. The Kier molecular flexibility index (Phi) is 4.18. The zero-order valence-electron chi connectivity index (χ0n) is 10.7. The monoisotopic (exact) mass is 211 g/mol. The molecule has 0 aromatic carbocycles. The molecule has 0 aromatic rings. The third-order valence-electron chi connectivity index (χ3n) is 4.65. The topological polar surface area (TPSA) is 29.1 Å². The Morgan fingerprint density at radius 1 is 1.27 bits per heavy atom. The van der Waals surface area contributed by atoms with Crippen molar-refractivity contribution < 1.29 is 4.79 Å². The van der Waals surface area contributed by atoms with E-state index in [-0.39, 0.29) is 11.8 Å². The third kappa shape index (κ3) is 2.53. The molecule has 1 amide bonds. The summed E-state index contributed by atoms with van der Waals surface area (Å²) >= 11 is 0. The van der Waals surface area contributed by atoms with Crippen LogP contribution in [0.25, 0.3) is 0 Å². The van der Waals surface area contributed by atoms with Gasteiger partial charge >= 0.3 is 0 Å². The highest BCUT2D eigenvalue weighted by Crippen LogP contribution is 2.42. The van der Waals surface area contributed by atoms with Crippen molar-refractivity contribution in [2.24, 2.45) is 29.6 Å². The quantitative estimate of drug-likeness (QED) is 0.764. The van der Waals surface area contributed by atoms with Gasteiger partial charge in [-0.1, -0.05) is 34.1 Å². The molecule has 0 spiro atoms. The molecule has 88 valence electrons. The van der Waals surface area contributed by atoms with Gasteiger partial charge in [0.05, 0.1) is 0 Å². The summed E-state index contributed by atoms with van der Waals surface area (Å²) in [5.74, 6) is 3.17. The maximum Gasteiger partial charge on any atom is 0.222 e. The minimum Gasteiger partial charge on any atom is -0.359 e. The molecule has 0 aromatic heterocycles. The third-order valence-corrected chi connectivity index (χ3v) is 4.65. The zero-order valence-corrected chi connectivity index (χ0v) is 10.7. The highest BCUT2D eigenvalue weighted by molar-refractivity contribution is 5.78. The summed E-state index contributed by atoms with van der Waals surface area (Å²) < 4.78 is 0. The molecule has 1 aliphatic carbocycles. The van der Waals surface area contributed by atoms with Crippen molar-refractivity contribution in [2.45, 2.75) is 40.5 Å². The number of amides is 1. The molecule has 1 N–H and O–H groups in total. The molecule has 0 saturated heterocycles. The van der Waals surface area contributed by atoms with E-state index >= 15 is 0 Å². The van der Waals surface area contributed by atoms with E-state index in [2.05, 4.69) is 33.0 Å². The van der Waals surface area contributed by atoms with Crippen LogP contribution in [0.1, 0.15) is 40.5 Å². The lowest BCUT2D eigenvalue weighted by atomic mass is 9.77. The Hall–Kier alpha value is -0.530. The van der Waals surface area contributed by atoms with E-state index in [1.807, 2.05) is 0 Å². The molecular weight excluding hydrogens is 186 g/mol. The van der Waals surface area contributed by atoms with E-state index in [0.29, 0.717) is 5.92 Å². The molecule has 4 unspecified atom stereocenters. The molecule has 0 bridgehead atoms. The molecule has 0 aliphatic heterocycles. The first kappa shape index (κ1) is 12.5. The number of hydrogen-bond acceptors (Lipinski definition) is 1. The number of nitrogens with one attached hydrogen (secondary N) is 1. The van der Waals surface area contributed by atoms with Crippen molar-refractivity contribution in [2.75, 3.05) is 7.05 Å². The Balaban J connectivity index is 2.60. The van der Waals surface area contributed by atoms with Gasteiger partial charge < -0.3 is 5.32 Å². The number of rotatable bonds is 3. The van der Waals surface area contributed by atoms with Gasteiger partial charge in [0, 0.05) is 13.0 Å². The predicted octanol–water partition coefficient (Wildman–Crippen LogP) is 2.69. The SMILES string of the molecule is CNC(=O)C(C)C(C)C1CC[C@@H](C)C1C. The van der Waals surface area contributed by atoms with Gasteiger partial charge in [0.15, 0.2) is 0 Å². The van der Waals surface area contributed by atoms with Crippen molar-refractivity contribution in [3.05, 3.63) is 0 Å². The van der Waals surface area contributed by atoms with E-state index in [0.717, 1.165) is 17.8 Å². The summed E-state index contributed by atoms with van der Waals surface area (Å²) in [6.07, 6.45) is 2.63. The first-order valence-electron chi connectivity index (χ1n) is 6.20. The highest BCUT2D eigenvalue weighted by Gasteiger charge is 2.36. The Bertz CT molecular complexity index is 227. The lowest BCUT2D eigenvalue weighted by Crippen LogP contribution is -2.33. The van der Waals surface area contributed by atoms with Crippen LogP contribution in [0, 0.1) is 29.6 Å². The van der Waals surface area contributed by atoms with Gasteiger partial charge in [-0.25, -0.2) is 0 Å². The van der Waals surface area contributed by atoms with Crippen molar-refractivity contribution in [1.29, 1.82) is 0 Å². The summed E-state index contributed by atoms with van der Waals surface area (Å²) in [6, 6.07) is 0. The number of hydrogen-bond donors (Lipinski definition) is 1. The van der Waals surface area contributed by atoms with Crippen LogP contribution in [0.4, 0.5) is 0 Å². The summed E-state index contributed by atoms with van der Waals surface area (Å²) in [5.41, 5.74) is 0. The van der Waals surface area contributed by atoms with Crippen LogP contribution >= 0.6 is 0 Å². The van der Waals surface area contributed by atoms with Crippen LogP contribution in [0.2, 0.25) is 0 Å². The van der Waals surface area contributed by atoms with Gasteiger partial charge in [0.25, 0.3) is 0 Å². The van der Waals surface area contributed by atoms with Crippen LogP contribution in [-0.2, 0) is 4.79 Å². The maximum atomic E-state index is 11.6. The minimum absolute atomic E-state index is 0.146. The van der Waals surface area contributed by atoms with E-state index in [1.54, 1.807) is 7.05 Å². The molecule has 2 nitrogen and oxygen atoms in total. The van der Waals surface area contributed by atoms with Crippen LogP contribution in [0.15, 0.2) is 0 Å². The molecule has 1 rings (SSSR count). The van der Waals surface area contributed by atoms with Gasteiger partial charge in [-0.2, -0.15) is 0 Å². The average molecular weight is 211 g/mol. The molecule has 1 saturated carbocycles. The van der Waals surface area contributed by atoms with E-state index < -0.39 is 0 Å². The second-order valence-electron chi connectivity index (χ2n) is 5.34. The fourth-order valence-corrected chi connectivity index (χ4v) is 2.98. The first-order chi connectivity index (χ1) is 6.99. The van der Waals surface area contributed by atoms with Crippen LogP contribution < -0.4 is 5.32 Å². The van der Waals surface area contributed by atoms with Crippen molar-refractivity contribution in [1.82, 2.24) is 5.32 Å². The number of carbonyl (C=O) groups excluding carboxylic acids is 1. The van der Waals surface area contributed by atoms with Crippen molar-refractivity contribution in [3.63, 3.8) is 0 Å². The van der Waals surface area contributed by atoms with Gasteiger partial charge in [0.1, 0.15) is 0 Å². The molecule has 15 heavy (non-hydrogen) atoms. The van der Waals surface area contributed by atoms with Crippen LogP contribution in [-0.4, -0.2) is 13.0 Å². The Labute approximate surface area is 93.8 Å². The molecule has 2 heteroatoms. The standard InChI is InChI=1S/C13H25NO/c1-8-6-7-12(9(8)2)10(3)11(4)13(15)14-5/h8-12H,6-7H2,1-5H3,(H,14,15)/t8-,9?,10?,11?,12?/m1/s1. The lowest BCUT2D eigenvalue weighted by molar-refractivity contribution is -0.126. The van der Waals surface area contributed by atoms with Crippen LogP contribution in [0.5, 0.6) is 0 Å². The van der Waals surface area contributed by atoms with E-state index in [9.17, 15) is 4.79 Å². The van der Waals surface area contributed by atoms with Gasteiger partial charge in [-0.3, -0.25) is 4.79 Å². The van der Waals surface area contributed by atoms with Crippen molar-refractivity contribution in [3.8, 4) is 0 Å². The molecular formula is C13H25NO. The van der Waals surface area contributed by atoms with E-state index in [4.69, 9.17) is 0 Å². The normalized spacial score (nSPS) is 34.9. The average Bonchev–Trinajstić information content (AvgIpc) is 2.56. The fourth-order valence-electron chi connectivity index (χ4n) is 2.98. The molecule has 0 heterocycles. The highest BCUT2D eigenvalue weighted by atomic mass is 16.1. The minimum atomic E-state index is 0.146. The van der Waals surface area contributed by atoms with E-state index in [1.165, 1.54) is 12.8 Å². The van der Waals surface area contributed by atoms with Gasteiger partial charge in [0.2, 0.25) is 5.91 Å². The molecule has 1 fully saturated rings. The van der Waals surface area contributed by atoms with Crippen molar-refractivity contribution >= 4 is 5.91 Å². The first-order valence-corrected chi connectivity index (χ1v) is 6.20. The van der Waals surface area contributed by atoms with Crippen LogP contribution in [0.3, 0.4) is 0 Å². The van der Waals surface area contributed by atoms with Gasteiger partial charge in [-0.15, -0.1) is 0 Å². The van der Waals surface area contributed by atoms with Gasteiger partial charge in [-0.05, 0) is 30.1 Å². The Morgan fingerprint density at radius 2 is 1.87 bits per heavy atom. The summed E-state index contributed by atoms with van der Waals surface area (Å²) in [7, 11) is 1.73. The molecule has 5 atom stereocenters. The summed E-state index contributed by atoms with van der Waals surface area (Å²) in [5, 5.41) is 2.76. The smallest absolute Gasteiger partial charge is 0.222 e. The number of carbonyl (C=O) groups is 1. The second kappa shape index (κ2) is 5.00. The largest absolute Gasteiger partial charge is 0.359 e. The lowest BCUT2D eigenvalue weighted by Gasteiger charge is -2.28. The fraction of sp³-hybridized carbons (Fsp3) is 0.923. The molecule has 1 aliphatic rings. The Morgan fingerprint density at radius 3 is 2.27 bits per heavy atom.